The maximum atomic E-state index is 12.4. The maximum absolute atomic E-state index is 12.4. The minimum absolute atomic E-state index is 0. The van der Waals surface area contributed by atoms with Crippen molar-refractivity contribution in [1.82, 2.24) is 24.8 Å². The van der Waals surface area contributed by atoms with Gasteiger partial charge in [0.15, 0.2) is 23.2 Å². The Kier molecular flexibility index (Phi) is 8.06. The van der Waals surface area contributed by atoms with Crippen LogP contribution < -0.4 is 45.9 Å². The first kappa shape index (κ1) is 24.4. The summed E-state index contributed by atoms with van der Waals surface area (Å²) in [4.78, 5) is 35.6. The number of aliphatic hydroxyl groups is 4. The largest absolute Gasteiger partial charge is 1.00 e. The standard InChI is InChI=1S/C15H21N7O7.Na/c1-5(24)7(20-15(16)28)13(27)21-11-8-12(18-3-17-11)22(4-19-8)14-10(26)9(25)6(2-23)29-14;/h3-7,9-10,14,23-26H,2H2,1H3,(H3,16,20,28)(H,17,18,21,27);/q;+1/t5-,6-,7+,9-,10-,14-;/m1./s1. The summed E-state index contributed by atoms with van der Waals surface area (Å²) in [5.41, 5.74) is 5.31. The number of nitrogens with zero attached hydrogens (tertiary/aromatic N) is 4. The Bertz CT molecular complexity index is 911. The van der Waals surface area contributed by atoms with E-state index < -0.39 is 55.2 Å². The molecule has 158 valence electrons. The van der Waals surface area contributed by atoms with E-state index in [0.717, 1.165) is 6.33 Å². The molecule has 0 bridgehead atoms. The third kappa shape index (κ3) is 4.70. The molecule has 0 unspecified atom stereocenters. The van der Waals surface area contributed by atoms with E-state index in [4.69, 9.17) is 10.5 Å². The van der Waals surface area contributed by atoms with E-state index in [1.807, 2.05) is 0 Å². The molecule has 8 N–H and O–H groups in total. The molecule has 1 aliphatic rings. The molecule has 0 spiro atoms. The molecule has 30 heavy (non-hydrogen) atoms. The van der Waals surface area contributed by atoms with Gasteiger partial charge < -0.3 is 41.5 Å². The summed E-state index contributed by atoms with van der Waals surface area (Å²) >= 11 is 0. The number of aliphatic hydroxyl groups excluding tert-OH is 4. The molecule has 1 aliphatic heterocycles. The number of carbonyl (C=O) groups excluding carboxylic acids is 2. The number of rotatable bonds is 6. The van der Waals surface area contributed by atoms with E-state index in [-0.39, 0.29) is 46.5 Å². The number of imidazole rings is 1. The van der Waals surface area contributed by atoms with Gasteiger partial charge in [-0.05, 0) is 6.92 Å². The number of hydrogen-bond donors (Lipinski definition) is 7. The molecule has 2 aromatic rings. The van der Waals surface area contributed by atoms with Crippen LogP contribution in [0.4, 0.5) is 10.6 Å². The minimum atomic E-state index is -1.35. The Morgan fingerprint density at radius 1 is 1.30 bits per heavy atom. The Morgan fingerprint density at radius 2 is 2.00 bits per heavy atom. The summed E-state index contributed by atoms with van der Waals surface area (Å²) in [6, 6.07) is -2.33. The van der Waals surface area contributed by atoms with Crippen molar-refractivity contribution in [3.05, 3.63) is 12.7 Å². The number of carbonyl (C=O) groups is 2. The molecule has 0 saturated carbocycles. The van der Waals surface area contributed by atoms with Crippen molar-refractivity contribution in [1.29, 1.82) is 0 Å². The van der Waals surface area contributed by atoms with E-state index in [2.05, 4.69) is 25.6 Å². The topological polar surface area (TPSA) is 218 Å². The summed E-state index contributed by atoms with van der Waals surface area (Å²) in [5, 5.41) is 43.6. The molecule has 0 aromatic carbocycles. The van der Waals surface area contributed by atoms with Crippen LogP contribution in [0.2, 0.25) is 0 Å². The fourth-order valence-corrected chi connectivity index (χ4v) is 2.99. The summed E-state index contributed by atoms with van der Waals surface area (Å²) in [5.74, 6) is -0.816. The van der Waals surface area contributed by atoms with Gasteiger partial charge in [0.1, 0.15) is 30.7 Å². The van der Waals surface area contributed by atoms with Crippen molar-refractivity contribution in [2.24, 2.45) is 5.73 Å². The van der Waals surface area contributed by atoms with Gasteiger partial charge in [-0.25, -0.2) is 19.7 Å². The van der Waals surface area contributed by atoms with Crippen molar-refractivity contribution >= 4 is 28.9 Å². The maximum Gasteiger partial charge on any atom is 1.00 e. The number of nitrogens with two attached hydrogens (primary N) is 1. The second-order valence-corrected chi connectivity index (χ2v) is 6.49. The molecule has 15 heteroatoms. The van der Waals surface area contributed by atoms with Crippen LogP contribution in [0.3, 0.4) is 0 Å². The van der Waals surface area contributed by atoms with Gasteiger partial charge in [0.2, 0.25) is 0 Å². The van der Waals surface area contributed by atoms with Crippen molar-refractivity contribution in [3.8, 4) is 0 Å². The van der Waals surface area contributed by atoms with Gasteiger partial charge in [0, 0.05) is 0 Å². The van der Waals surface area contributed by atoms with E-state index in [0.29, 0.717) is 0 Å². The third-order valence-electron chi connectivity index (χ3n) is 4.45. The fraction of sp³-hybridized carbons (Fsp3) is 0.533. The fourth-order valence-electron chi connectivity index (χ4n) is 2.99. The van der Waals surface area contributed by atoms with Crippen molar-refractivity contribution in [2.75, 3.05) is 11.9 Å². The van der Waals surface area contributed by atoms with Crippen LogP contribution in [0.25, 0.3) is 11.2 Å². The number of primary amides is 1. The predicted octanol–water partition coefficient (Wildman–Crippen LogP) is -6.20. The second-order valence-electron chi connectivity index (χ2n) is 6.49. The van der Waals surface area contributed by atoms with Crippen molar-refractivity contribution < 1.29 is 64.3 Å². The average molecular weight is 434 g/mol. The number of aromatic nitrogens is 4. The van der Waals surface area contributed by atoms with Gasteiger partial charge in [0.05, 0.1) is 19.0 Å². The Morgan fingerprint density at radius 3 is 2.57 bits per heavy atom. The van der Waals surface area contributed by atoms with Gasteiger partial charge in [-0.3, -0.25) is 9.36 Å². The molecule has 3 amide bonds. The quantitative estimate of drug-likeness (QED) is 0.213. The van der Waals surface area contributed by atoms with Crippen molar-refractivity contribution in [2.45, 2.75) is 43.6 Å². The third-order valence-corrected chi connectivity index (χ3v) is 4.45. The molecular formula is C15H21N7NaO7+. The molecule has 1 fully saturated rings. The second kappa shape index (κ2) is 9.93. The van der Waals surface area contributed by atoms with Crippen LogP contribution >= 0.6 is 0 Å². The minimum Gasteiger partial charge on any atom is -0.394 e. The number of amides is 3. The number of fused-ring (bicyclic) bond motifs is 1. The number of ether oxygens (including phenoxy) is 1. The number of urea groups is 1. The first-order valence-corrected chi connectivity index (χ1v) is 8.59. The molecule has 2 aromatic heterocycles. The van der Waals surface area contributed by atoms with E-state index in [1.165, 1.54) is 17.8 Å². The first-order chi connectivity index (χ1) is 13.7. The summed E-state index contributed by atoms with van der Waals surface area (Å²) in [6.45, 7) is 0.803. The number of nitrogens with one attached hydrogen (secondary N) is 2. The van der Waals surface area contributed by atoms with Crippen molar-refractivity contribution in [3.63, 3.8) is 0 Å². The Labute approximate surface area is 191 Å². The van der Waals surface area contributed by atoms with Crippen LogP contribution in [0.5, 0.6) is 0 Å². The van der Waals surface area contributed by atoms with E-state index >= 15 is 0 Å². The van der Waals surface area contributed by atoms with Crippen LogP contribution in [-0.2, 0) is 9.53 Å². The average Bonchev–Trinajstić information content (AvgIpc) is 3.21. The zero-order valence-electron chi connectivity index (χ0n) is 16.2. The molecule has 6 atom stereocenters. The molecular weight excluding hydrogens is 413 g/mol. The SMILES string of the molecule is C[C@@H](O)[C@H](NC(N)=O)C(=O)Nc1ncnc2c1ncn2[C@@H]1O[C@H](CO)[C@@H](O)[C@H]1O.[Na+]. The van der Waals surface area contributed by atoms with E-state index in [9.17, 15) is 30.0 Å². The number of hydrogen-bond acceptors (Lipinski definition) is 10. The Balaban J connectivity index is 0.00000320. The summed E-state index contributed by atoms with van der Waals surface area (Å²) in [7, 11) is 0. The molecule has 0 aliphatic carbocycles. The molecule has 3 heterocycles. The van der Waals surface area contributed by atoms with Gasteiger partial charge in [-0.15, -0.1) is 0 Å². The monoisotopic (exact) mass is 434 g/mol. The summed E-state index contributed by atoms with van der Waals surface area (Å²) in [6.07, 6.45) is -3.57. The predicted molar refractivity (Wildman–Crippen MR) is 95.2 cm³/mol. The zero-order chi connectivity index (χ0) is 21.3. The molecule has 14 nitrogen and oxygen atoms in total. The van der Waals surface area contributed by atoms with Gasteiger partial charge >= 0.3 is 35.6 Å². The van der Waals surface area contributed by atoms with Gasteiger partial charge in [-0.2, -0.15) is 0 Å². The zero-order valence-corrected chi connectivity index (χ0v) is 18.2. The first-order valence-electron chi connectivity index (χ1n) is 8.59. The normalized spacial score (nSPS) is 25.4. The van der Waals surface area contributed by atoms with Gasteiger partial charge in [0.25, 0.3) is 5.91 Å². The van der Waals surface area contributed by atoms with Crippen LogP contribution in [0.15, 0.2) is 12.7 Å². The van der Waals surface area contributed by atoms with Crippen LogP contribution in [0, 0.1) is 0 Å². The van der Waals surface area contributed by atoms with Crippen LogP contribution in [-0.4, -0.2) is 88.9 Å². The molecule has 3 rings (SSSR count). The van der Waals surface area contributed by atoms with Gasteiger partial charge in [-0.1, -0.05) is 0 Å². The Hall–Kier alpha value is -1.91. The van der Waals surface area contributed by atoms with Crippen LogP contribution in [0.1, 0.15) is 13.2 Å². The summed E-state index contributed by atoms with van der Waals surface area (Å²) < 4.78 is 6.78. The van der Waals surface area contributed by atoms with E-state index in [1.54, 1.807) is 0 Å². The molecule has 0 radical (unpaired) electrons. The number of anilines is 1. The molecule has 1 saturated heterocycles. The smallest absolute Gasteiger partial charge is 0.394 e.